The number of fused-ring (bicyclic) bond motifs is 1. The van der Waals surface area contributed by atoms with Gasteiger partial charge in [0.15, 0.2) is 11.5 Å². The molecule has 0 aliphatic carbocycles. The van der Waals surface area contributed by atoms with Crippen molar-refractivity contribution in [2.24, 2.45) is 0 Å². The number of anilines is 2. The lowest BCUT2D eigenvalue weighted by Crippen LogP contribution is -1.97. The molecule has 140 valence electrons. The molecule has 0 saturated heterocycles. The van der Waals surface area contributed by atoms with E-state index in [9.17, 15) is 4.39 Å². The SMILES string of the molecule is COc1ccc(Nc2cc(-c3ccc(F)cc3)nc3ccccc23)cc1OC. The van der Waals surface area contributed by atoms with Gasteiger partial charge in [0.2, 0.25) is 0 Å². The van der Waals surface area contributed by atoms with Gasteiger partial charge in [-0.1, -0.05) is 18.2 Å². The highest BCUT2D eigenvalue weighted by molar-refractivity contribution is 5.95. The maximum atomic E-state index is 13.3. The summed E-state index contributed by atoms with van der Waals surface area (Å²) in [7, 11) is 3.21. The minimum Gasteiger partial charge on any atom is -0.493 e. The monoisotopic (exact) mass is 374 g/mol. The number of aromatic nitrogens is 1. The molecular weight excluding hydrogens is 355 g/mol. The lowest BCUT2D eigenvalue weighted by atomic mass is 10.1. The Bertz CT molecular complexity index is 1130. The van der Waals surface area contributed by atoms with Crippen LogP contribution in [-0.2, 0) is 0 Å². The molecule has 0 aliphatic heterocycles. The van der Waals surface area contributed by atoms with Crippen LogP contribution in [0.1, 0.15) is 0 Å². The zero-order valence-corrected chi connectivity index (χ0v) is 15.6. The second kappa shape index (κ2) is 7.56. The second-order valence-electron chi connectivity index (χ2n) is 6.27. The minimum absolute atomic E-state index is 0.270. The predicted molar refractivity (Wildman–Crippen MR) is 110 cm³/mol. The van der Waals surface area contributed by atoms with E-state index in [-0.39, 0.29) is 5.82 Å². The average molecular weight is 374 g/mol. The Morgan fingerprint density at radius 3 is 2.32 bits per heavy atom. The smallest absolute Gasteiger partial charge is 0.162 e. The number of nitrogens with zero attached hydrogens (tertiary/aromatic N) is 1. The van der Waals surface area contributed by atoms with Gasteiger partial charge in [-0.3, -0.25) is 0 Å². The lowest BCUT2D eigenvalue weighted by molar-refractivity contribution is 0.355. The van der Waals surface area contributed by atoms with Gasteiger partial charge in [0.1, 0.15) is 5.82 Å². The van der Waals surface area contributed by atoms with Gasteiger partial charge in [0.05, 0.1) is 31.1 Å². The third kappa shape index (κ3) is 3.47. The number of hydrogen-bond acceptors (Lipinski definition) is 4. The third-order valence-electron chi connectivity index (χ3n) is 4.52. The van der Waals surface area contributed by atoms with Crippen molar-refractivity contribution in [3.63, 3.8) is 0 Å². The normalized spacial score (nSPS) is 10.7. The van der Waals surface area contributed by atoms with Crippen LogP contribution < -0.4 is 14.8 Å². The van der Waals surface area contributed by atoms with Crippen LogP contribution in [0.4, 0.5) is 15.8 Å². The Kier molecular flexibility index (Phi) is 4.81. The van der Waals surface area contributed by atoms with E-state index in [0.29, 0.717) is 11.5 Å². The van der Waals surface area contributed by atoms with Gasteiger partial charge in [-0.15, -0.1) is 0 Å². The van der Waals surface area contributed by atoms with Crippen molar-refractivity contribution in [2.75, 3.05) is 19.5 Å². The predicted octanol–water partition coefficient (Wildman–Crippen LogP) is 5.80. The summed E-state index contributed by atoms with van der Waals surface area (Å²) in [4.78, 5) is 4.73. The summed E-state index contributed by atoms with van der Waals surface area (Å²) >= 11 is 0. The zero-order chi connectivity index (χ0) is 19.5. The van der Waals surface area contributed by atoms with Crippen LogP contribution in [0, 0.1) is 5.82 Å². The number of nitrogens with one attached hydrogen (secondary N) is 1. The van der Waals surface area contributed by atoms with E-state index in [0.717, 1.165) is 33.5 Å². The topological polar surface area (TPSA) is 43.4 Å². The first-order valence-corrected chi connectivity index (χ1v) is 8.83. The van der Waals surface area contributed by atoms with E-state index in [2.05, 4.69) is 5.32 Å². The summed E-state index contributed by atoms with van der Waals surface area (Å²) < 4.78 is 24.0. The highest BCUT2D eigenvalue weighted by Gasteiger charge is 2.10. The lowest BCUT2D eigenvalue weighted by Gasteiger charge is -2.14. The van der Waals surface area contributed by atoms with Gasteiger partial charge in [0, 0.05) is 22.7 Å². The zero-order valence-electron chi connectivity index (χ0n) is 15.6. The van der Waals surface area contributed by atoms with Crippen molar-refractivity contribution in [1.29, 1.82) is 0 Å². The Hall–Kier alpha value is -3.60. The van der Waals surface area contributed by atoms with Crippen LogP contribution in [0.25, 0.3) is 22.2 Å². The molecule has 4 nitrogen and oxygen atoms in total. The summed E-state index contributed by atoms with van der Waals surface area (Å²) in [5.74, 6) is 1.04. The van der Waals surface area contributed by atoms with Crippen molar-refractivity contribution >= 4 is 22.3 Å². The van der Waals surface area contributed by atoms with Crippen LogP contribution in [0.5, 0.6) is 11.5 Å². The van der Waals surface area contributed by atoms with E-state index >= 15 is 0 Å². The molecule has 0 saturated carbocycles. The molecule has 3 aromatic carbocycles. The van der Waals surface area contributed by atoms with E-state index in [1.807, 2.05) is 48.5 Å². The molecule has 4 aromatic rings. The maximum absolute atomic E-state index is 13.3. The van der Waals surface area contributed by atoms with Crippen molar-refractivity contribution < 1.29 is 13.9 Å². The molecule has 0 spiro atoms. The van der Waals surface area contributed by atoms with Crippen molar-refractivity contribution in [3.05, 3.63) is 78.6 Å². The number of ether oxygens (including phenoxy) is 2. The first kappa shape index (κ1) is 17.8. The highest BCUT2D eigenvalue weighted by atomic mass is 19.1. The maximum Gasteiger partial charge on any atom is 0.162 e. The Morgan fingerprint density at radius 1 is 0.821 bits per heavy atom. The highest BCUT2D eigenvalue weighted by Crippen LogP contribution is 2.34. The van der Waals surface area contributed by atoms with Crippen molar-refractivity contribution in [3.8, 4) is 22.8 Å². The van der Waals surface area contributed by atoms with Gasteiger partial charge in [-0.2, -0.15) is 0 Å². The molecular formula is C23H19FN2O2. The number of hydrogen-bond donors (Lipinski definition) is 1. The van der Waals surface area contributed by atoms with Crippen LogP contribution in [0.3, 0.4) is 0 Å². The standard InChI is InChI=1S/C23H19FN2O2/c1-27-22-12-11-17(13-23(22)28-2)25-21-14-20(15-7-9-16(24)10-8-15)26-19-6-4-3-5-18(19)21/h3-14H,1-2H3,(H,25,26). The number of pyridine rings is 1. The molecule has 0 fully saturated rings. The number of benzene rings is 3. The molecule has 0 bridgehead atoms. The summed E-state index contributed by atoms with van der Waals surface area (Å²) in [6.45, 7) is 0. The van der Waals surface area contributed by atoms with Crippen LogP contribution >= 0.6 is 0 Å². The van der Waals surface area contributed by atoms with Gasteiger partial charge in [-0.05, 0) is 48.5 Å². The molecule has 4 rings (SSSR count). The fourth-order valence-corrected chi connectivity index (χ4v) is 3.12. The Labute approximate surface area is 162 Å². The molecule has 1 N–H and O–H groups in total. The largest absolute Gasteiger partial charge is 0.493 e. The quantitative estimate of drug-likeness (QED) is 0.479. The number of halogens is 1. The molecule has 5 heteroatoms. The van der Waals surface area contributed by atoms with Gasteiger partial charge >= 0.3 is 0 Å². The van der Waals surface area contributed by atoms with Crippen LogP contribution in [0.2, 0.25) is 0 Å². The number of rotatable bonds is 5. The molecule has 0 unspecified atom stereocenters. The average Bonchev–Trinajstić information content (AvgIpc) is 2.74. The van der Waals surface area contributed by atoms with E-state index in [4.69, 9.17) is 14.5 Å². The molecule has 0 aliphatic rings. The molecule has 28 heavy (non-hydrogen) atoms. The number of methoxy groups -OCH3 is 2. The van der Waals surface area contributed by atoms with E-state index in [1.165, 1.54) is 12.1 Å². The third-order valence-corrected chi connectivity index (χ3v) is 4.52. The first-order valence-electron chi connectivity index (χ1n) is 8.83. The van der Waals surface area contributed by atoms with Crippen LogP contribution in [0.15, 0.2) is 72.8 Å². The molecule has 0 radical (unpaired) electrons. The van der Waals surface area contributed by atoms with Crippen molar-refractivity contribution in [2.45, 2.75) is 0 Å². The van der Waals surface area contributed by atoms with Gasteiger partial charge in [-0.25, -0.2) is 9.37 Å². The first-order chi connectivity index (χ1) is 13.7. The van der Waals surface area contributed by atoms with E-state index in [1.54, 1.807) is 26.4 Å². The fourth-order valence-electron chi connectivity index (χ4n) is 3.12. The van der Waals surface area contributed by atoms with Crippen LogP contribution in [-0.4, -0.2) is 19.2 Å². The Balaban J connectivity index is 1.80. The van der Waals surface area contributed by atoms with Crippen molar-refractivity contribution in [1.82, 2.24) is 4.98 Å². The molecule has 1 heterocycles. The Morgan fingerprint density at radius 2 is 1.57 bits per heavy atom. The fraction of sp³-hybridized carbons (Fsp3) is 0.0870. The summed E-state index contributed by atoms with van der Waals surface area (Å²) in [5, 5.41) is 4.43. The van der Waals surface area contributed by atoms with E-state index < -0.39 is 0 Å². The van der Waals surface area contributed by atoms with Gasteiger partial charge in [0.25, 0.3) is 0 Å². The molecule has 0 amide bonds. The summed E-state index contributed by atoms with van der Waals surface area (Å²) in [6.07, 6.45) is 0. The van der Waals surface area contributed by atoms with Gasteiger partial charge < -0.3 is 14.8 Å². The molecule has 1 aromatic heterocycles. The number of para-hydroxylation sites is 1. The summed E-state index contributed by atoms with van der Waals surface area (Å²) in [5.41, 5.74) is 4.23. The minimum atomic E-state index is -0.270. The second-order valence-corrected chi connectivity index (χ2v) is 6.27. The molecule has 0 atom stereocenters. The summed E-state index contributed by atoms with van der Waals surface area (Å²) in [6, 6.07) is 21.9.